The maximum absolute atomic E-state index is 5.95. The van der Waals surface area contributed by atoms with E-state index in [0.29, 0.717) is 5.92 Å². The van der Waals surface area contributed by atoms with Crippen molar-refractivity contribution in [2.24, 2.45) is 5.41 Å². The second-order valence-corrected chi connectivity index (χ2v) is 13.0. The van der Waals surface area contributed by atoms with Gasteiger partial charge in [0.2, 0.25) is 0 Å². The smallest absolute Gasteiger partial charge is 0.0409 e. The zero-order valence-electron chi connectivity index (χ0n) is 22.4. The molecule has 193 valence electrons. The van der Waals surface area contributed by atoms with Crippen LogP contribution in [0.5, 0.6) is 5.75 Å². The van der Waals surface area contributed by atoms with Crippen molar-refractivity contribution in [2.45, 2.75) is 92.7 Å². The van der Waals surface area contributed by atoms with E-state index < -0.39 is 0 Å². The predicted molar refractivity (Wildman–Crippen MR) is 150 cm³/mol. The van der Waals surface area contributed by atoms with Crippen molar-refractivity contribution in [3.05, 3.63) is 59.2 Å². The van der Waals surface area contributed by atoms with Gasteiger partial charge in [-0.05, 0) is 56.1 Å². The first-order valence-corrected chi connectivity index (χ1v) is 15.8. The molecule has 0 aliphatic heterocycles. The van der Waals surface area contributed by atoms with Gasteiger partial charge in [0.15, 0.2) is 0 Å². The molecule has 5 heteroatoms. The number of para-hydroxylation sites is 2. The fourth-order valence-electron chi connectivity index (χ4n) is 4.23. The quantitative estimate of drug-likeness (QED) is 0.219. The van der Waals surface area contributed by atoms with Gasteiger partial charge in [0.05, 0.1) is 0 Å². The number of ether oxygens (including phenoxy) is 1. The Balaban J connectivity index is 0.000000380. The van der Waals surface area contributed by atoms with Crippen molar-refractivity contribution in [2.75, 3.05) is 11.2 Å². The van der Waals surface area contributed by atoms with E-state index in [1.165, 1.54) is 16.8 Å². The van der Waals surface area contributed by atoms with Crippen LogP contribution < -0.4 is 10.1 Å². The largest absolute Gasteiger partial charge is 0.380 e. The standard InChI is InChI=1S/C19H32ClN.C10H12O.ClH.Ru/c1-14(2)16-10-8-9-15(3)17(16)21-19(6,7)13-18(4,5)11-12-20;1-8(2)11-10-7-5-4-6-9(10)3;;/h8-10,14,21H,11-13H2,1-7H3;3-8H,1-2H3;1H;/q;;;+1/p-1. The number of benzene rings is 2. The molecule has 0 spiro atoms. The van der Waals surface area contributed by atoms with Gasteiger partial charge in [-0.15, -0.1) is 11.6 Å². The Kier molecular flexibility index (Phi) is 13.4. The molecule has 0 aliphatic carbocycles. The molecule has 1 N–H and O–H groups in total. The van der Waals surface area contributed by atoms with Crippen LogP contribution in [-0.2, 0) is 15.7 Å². The van der Waals surface area contributed by atoms with Gasteiger partial charge < -0.3 is 5.32 Å². The minimum absolute atomic E-state index is 0.0469. The molecule has 0 amide bonds. The summed E-state index contributed by atoms with van der Waals surface area (Å²) in [7, 11) is 5.72. The predicted octanol–water partition coefficient (Wildman–Crippen LogP) is 9.21. The van der Waals surface area contributed by atoms with Crippen LogP contribution in [0.25, 0.3) is 0 Å². The van der Waals surface area contributed by atoms with Gasteiger partial charge in [-0.25, -0.2) is 0 Å². The molecule has 0 radical (unpaired) electrons. The first-order valence-electron chi connectivity index (χ1n) is 12.1. The third-order valence-corrected chi connectivity index (χ3v) is 6.89. The van der Waals surface area contributed by atoms with Crippen molar-refractivity contribution in [3.63, 3.8) is 0 Å². The van der Waals surface area contributed by atoms with Crippen LogP contribution in [-0.4, -0.2) is 22.1 Å². The Morgan fingerprint density at radius 3 is 2.21 bits per heavy atom. The molecule has 2 aromatic rings. The molecule has 0 saturated heterocycles. The van der Waals surface area contributed by atoms with E-state index in [0.717, 1.165) is 30.0 Å². The SMILES string of the molecule is CC(C)Oc1ccccc1[CH]=[Ru][Cl].Cc1cccc(C(C)C)c1NC(C)(C)CC(C)(C)CCCl. The molecule has 2 nitrogen and oxygen atoms in total. The number of alkyl halides is 1. The van der Waals surface area contributed by atoms with E-state index in [2.05, 4.69) is 72.0 Å². The van der Waals surface area contributed by atoms with Crippen LogP contribution in [0.2, 0.25) is 0 Å². The summed E-state index contributed by atoms with van der Waals surface area (Å²) in [6.07, 6.45) is 2.35. The number of hydrogen-bond donors (Lipinski definition) is 1. The first-order chi connectivity index (χ1) is 15.8. The van der Waals surface area contributed by atoms with Crippen LogP contribution in [0.3, 0.4) is 0 Å². The Morgan fingerprint density at radius 2 is 1.65 bits per heavy atom. The summed E-state index contributed by atoms with van der Waals surface area (Å²) in [5, 5.41) is 3.81. The Bertz CT molecular complexity index is 907. The number of nitrogens with one attached hydrogen (secondary N) is 1. The normalized spacial score (nSPS) is 12.4. The maximum Gasteiger partial charge on any atom is 0.0409 e. The van der Waals surface area contributed by atoms with E-state index >= 15 is 0 Å². The molecular formula is C29H44Cl2NORu. The maximum atomic E-state index is 5.95. The molecular weight excluding hydrogens is 550 g/mol. The second-order valence-electron chi connectivity index (χ2n) is 10.9. The zero-order valence-corrected chi connectivity index (χ0v) is 25.7. The van der Waals surface area contributed by atoms with Gasteiger partial charge in [-0.2, -0.15) is 0 Å². The van der Waals surface area contributed by atoms with Crippen LogP contribution in [0.15, 0.2) is 42.5 Å². The minimum atomic E-state index is -0.191. The third kappa shape index (κ3) is 11.2. The summed E-state index contributed by atoms with van der Waals surface area (Å²) in [5.74, 6) is 2.18. The van der Waals surface area contributed by atoms with E-state index in [-0.39, 0.29) is 32.7 Å². The van der Waals surface area contributed by atoms with Gasteiger partial charge in [0.1, 0.15) is 0 Å². The van der Waals surface area contributed by atoms with Crippen molar-refractivity contribution < 1.29 is 20.4 Å². The molecule has 2 aromatic carbocycles. The number of rotatable bonds is 10. The van der Waals surface area contributed by atoms with Crippen molar-refractivity contribution >= 4 is 31.6 Å². The molecule has 0 bridgehead atoms. The Hall–Kier alpha value is -0.887. The first kappa shape index (κ1) is 31.1. The summed E-state index contributed by atoms with van der Waals surface area (Å²) >= 11 is 5.76. The second kappa shape index (κ2) is 14.6. The van der Waals surface area contributed by atoms with Crippen LogP contribution in [0.1, 0.15) is 90.8 Å². The number of hydrogen-bond acceptors (Lipinski definition) is 2. The van der Waals surface area contributed by atoms with Crippen molar-refractivity contribution in [3.8, 4) is 5.75 Å². The number of anilines is 1. The summed E-state index contributed by atoms with van der Waals surface area (Å²) in [6, 6.07) is 14.5. The van der Waals surface area contributed by atoms with E-state index in [4.69, 9.17) is 26.0 Å². The third-order valence-electron chi connectivity index (χ3n) is 5.51. The fourth-order valence-corrected chi connectivity index (χ4v) is 5.86. The number of halogens is 2. The molecule has 0 aromatic heterocycles. The fraction of sp³-hybridized carbons (Fsp3) is 0.552. The summed E-state index contributed by atoms with van der Waals surface area (Å²) in [4.78, 5) is 0. The average molecular weight is 595 g/mol. The zero-order chi connectivity index (χ0) is 25.9. The van der Waals surface area contributed by atoms with Crippen LogP contribution in [0.4, 0.5) is 5.69 Å². The summed E-state index contributed by atoms with van der Waals surface area (Å²) in [5.41, 5.74) is 5.43. The number of aryl methyl sites for hydroxylation is 1. The molecule has 0 saturated carbocycles. The van der Waals surface area contributed by atoms with Crippen molar-refractivity contribution in [1.82, 2.24) is 0 Å². The molecule has 0 atom stereocenters. The van der Waals surface area contributed by atoms with Crippen molar-refractivity contribution in [1.29, 1.82) is 0 Å². The van der Waals surface area contributed by atoms with Crippen LogP contribution in [0, 0.1) is 12.3 Å². The van der Waals surface area contributed by atoms with Gasteiger partial charge in [0, 0.05) is 17.1 Å². The van der Waals surface area contributed by atoms with Gasteiger partial charge in [0.25, 0.3) is 0 Å². The summed E-state index contributed by atoms with van der Waals surface area (Å²) in [6.45, 7) is 19.9. The molecule has 0 fully saturated rings. The molecule has 0 unspecified atom stereocenters. The molecule has 34 heavy (non-hydrogen) atoms. The summed E-state index contributed by atoms with van der Waals surface area (Å²) < 4.78 is 7.66. The monoisotopic (exact) mass is 594 g/mol. The van der Waals surface area contributed by atoms with Gasteiger partial charge in [-0.1, -0.05) is 45.9 Å². The van der Waals surface area contributed by atoms with E-state index in [1.54, 1.807) is 0 Å². The molecule has 0 heterocycles. The average Bonchev–Trinajstić information content (AvgIpc) is 2.70. The van der Waals surface area contributed by atoms with Crippen LogP contribution >= 0.6 is 21.3 Å². The Morgan fingerprint density at radius 1 is 1.00 bits per heavy atom. The Labute approximate surface area is 225 Å². The van der Waals surface area contributed by atoms with Gasteiger partial charge >= 0.3 is 90.3 Å². The van der Waals surface area contributed by atoms with E-state index in [9.17, 15) is 0 Å². The van der Waals surface area contributed by atoms with E-state index in [1.807, 2.05) is 42.7 Å². The topological polar surface area (TPSA) is 21.3 Å². The minimum Gasteiger partial charge on any atom is -0.380 e. The van der Waals surface area contributed by atoms with Gasteiger partial charge in [-0.3, -0.25) is 0 Å². The molecule has 0 aliphatic rings. The molecule has 2 rings (SSSR count).